The van der Waals surface area contributed by atoms with Crippen molar-refractivity contribution in [3.05, 3.63) is 57.9 Å². The first-order valence-electron chi connectivity index (χ1n) is 9.41. The molecule has 0 bridgehead atoms. The fourth-order valence-corrected chi connectivity index (χ4v) is 3.98. The van der Waals surface area contributed by atoms with Gasteiger partial charge in [-0.15, -0.1) is 11.3 Å². The Morgan fingerprint density at radius 2 is 1.87 bits per heavy atom. The van der Waals surface area contributed by atoms with Gasteiger partial charge in [-0.05, 0) is 31.0 Å². The summed E-state index contributed by atoms with van der Waals surface area (Å²) in [5.41, 5.74) is 0.669. The smallest absolute Gasteiger partial charge is 0.330 e. The Morgan fingerprint density at radius 1 is 1.17 bits per heavy atom. The first-order valence-corrected chi connectivity index (χ1v) is 10.6. The van der Waals surface area contributed by atoms with Gasteiger partial charge in [-0.25, -0.2) is 4.79 Å². The molecule has 0 atom stereocenters. The fraction of sp³-hybridized carbons (Fsp3) is 0.318. The number of rotatable bonds is 9. The maximum atomic E-state index is 13.3. The highest BCUT2D eigenvalue weighted by atomic mass is 35.5. The van der Waals surface area contributed by atoms with Crippen LogP contribution in [-0.2, 0) is 14.3 Å². The first-order chi connectivity index (χ1) is 14.3. The van der Waals surface area contributed by atoms with Crippen molar-refractivity contribution in [3.63, 3.8) is 0 Å². The zero-order chi connectivity index (χ0) is 22.3. The normalized spacial score (nSPS) is 11.0. The maximum absolute atomic E-state index is 13.3. The molecular formula is C22H24ClNO5S. The van der Waals surface area contributed by atoms with Gasteiger partial charge in [0.15, 0.2) is 5.78 Å². The van der Waals surface area contributed by atoms with Crippen LogP contribution in [0.1, 0.15) is 36.7 Å². The van der Waals surface area contributed by atoms with Crippen molar-refractivity contribution in [1.82, 2.24) is 0 Å². The van der Waals surface area contributed by atoms with Crippen molar-refractivity contribution in [2.24, 2.45) is 5.92 Å². The molecular weight excluding hydrogens is 426 g/mol. The van der Waals surface area contributed by atoms with E-state index in [4.69, 9.17) is 21.1 Å². The number of ketones is 1. The number of anilines is 1. The summed E-state index contributed by atoms with van der Waals surface area (Å²) < 4.78 is 10.5. The predicted molar refractivity (Wildman–Crippen MR) is 119 cm³/mol. The minimum atomic E-state index is -0.607. The van der Waals surface area contributed by atoms with Crippen LogP contribution in [0.25, 0.3) is 0 Å². The Labute approximate surface area is 185 Å². The summed E-state index contributed by atoms with van der Waals surface area (Å²) in [7, 11) is 1.49. The van der Waals surface area contributed by atoms with Crippen molar-refractivity contribution in [1.29, 1.82) is 0 Å². The second kappa shape index (κ2) is 10.9. The van der Waals surface area contributed by atoms with Crippen LogP contribution in [0, 0.1) is 5.92 Å². The Kier molecular flexibility index (Phi) is 8.62. The van der Waals surface area contributed by atoms with Crippen molar-refractivity contribution in [2.75, 3.05) is 25.2 Å². The third-order valence-corrected chi connectivity index (χ3v) is 5.27. The molecule has 0 saturated heterocycles. The summed E-state index contributed by atoms with van der Waals surface area (Å²) in [5.74, 6) is -0.810. The number of thiophene rings is 1. The molecule has 0 N–H and O–H groups in total. The highest BCUT2D eigenvalue weighted by Gasteiger charge is 2.26. The summed E-state index contributed by atoms with van der Waals surface area (Å²) in [6, 6.07) is 8.41. The summed E-state index contributed by atoms with van der Waals surface area (Å²) >= 11 is 7.36. The van der Waals surface area contributed by atoms with E-state index in [0.717, 1.165) is 23.5 Å². The molecule has 0 spiro atoms. The molecule has 0 aliphatic heterocycles. The topological polar surface area (TPSA) is 72.9 Å². The van der Waals surface area contributed by atoms with Gasteiger partial charge in [0.25, 0.3) is 5.91 Å². The quantitative estimate of drug-likeness (QED) is 0.314. The number of carbonyl (C=O) groups is 3. The van der Waals surface area contributed by atoms with Crippen LogP contribution in [0.2, 0.25) is 4.34 Å². The van der Waals surface area contributed by atoms with E-state index in [1.54, 1.807) is 37.3 Å². The lowest BCUT2D eigenvalue weighted by Crippen LogP contribution is -2.33. The Bertz CT molecular complexity index is 951. The van der Waals surface area contributed by atoms with Gasteiger partial charge in [-0.1, -0.05) is 37.6 Å². The van der Waals surface area contributed by atoms with Gasteiger partial charge in [-0.2, -0.15) is 0 Å². The van der Waals surface area contributed by atoms with Crippen LogP contribution in [0.3, 0.4) is 0 Å². The number of benzene rings is 1. The largest absolute Gasteiger partial charge is 0.496 e. The highest BCUT2D eigenvalue weighted by Crippen LogP contribution is 2.38. The zero-order valence-electron chi connectivity index (χ0n) is 17.3. The number of hydrogen-bond acceptors (Lipinski definition) is 6. The molecule has 0 radical (unpaired) electrons. The van der Waals surface area contributed by atoms with Gasteiger partial charge >= 0.3 is 5.97 Å². The first kappa shape index (κ1) is 23.6. The third-order valence-electron chi connectivity index (χ3n) is 3.99. The van der Waals surface area contributed by atoms with Crippen LogP contribution in [-0.4, -0.2) is 37.9 Å². The molecule has 2 aromatic rings. The highest BCUT2D eigenvalue weighted by molar-refractivity contribution is 7.20. The molecule has 2 rings (SSSR count). The average molecular weight is 450 g/mol. The number of hydrogen-bond donors (Lipinski definition) is 0. The predicted octanol–water partition coefficient (Wildman–Crippen LogP) is 4.75. The van der Waals surface area contributed by atoms with Crippen LogP contribution >= 0.6 is 22.9 Å². The van der Waals surface area contributed by atoms with Gasteiger partial charge in [0.2, 0.25) is 0 Å². The molecule has 0 fully saturated rings. The number of carbonyl (C=O) groups excluding carboxylic acids is 3. The Hall–Kier alpha value is -2.64. The summed E-state index contributed by atoms with van der Waals surface area (Å²) in [5, 5.41) is 0.420. The molecule has 0 aliphatic rings. The number of halogens is 1. The van der Waals surface area contributed by atoms with Crippen LogP contribution in [0.15, 0.2) is 42.5 Å². The third kappa shape index (κ3) is 5.93. The minimum absolute atomic E-state index is 0.111. The average Bonchev–Trinajstić information content (AvgIpc) is 3.11. The molecule has 0 unspecified atom stereocenters. The number of nitrogens with zero attached hydrogens (tertiary/aromatic N) is 1. The van der Waals surface area contributed by atoms with E-state index in [0.29, 0.717) is 32.8 Å². The van der Waals surface area contributed by atoms with Crippen molar-refractivity contribution in [3.8, 4) is 5.75 Å². The van der Waals surface area contributed by atoms with E-state index >= 15 is 0 Å². The van der Waals surface area contributed by atoms with Crippen molar-refractivity contribution < 1.29 is 23.9 Å². The Balaban J connectivity index is 2.47. The molecule has 0 saturated carbocycles. The van der Waals surface area contributed by atoms with E-state index < -0.39 is 11.9 Å². The van der Waals surface area contributed by atoms with Gasteiger partial charge in [0, 0.05) is 18.7 Å². The van der Waals surface area contributed by atoms with Crippen molar-refractivity contribution >= 4 is 45.6 Å². The van der Waals surface area contributed by atoms with Crippen LogP contribution < -0.4 is 9.64 Å². The summed E-state index contributed by atoms with van der Waals surface area (Å²) in [6.45, 7) is 6.14. The molecule has 6 nitrogen and oxygen atoms in total. The number of ether oxygens (including phenoxy) is 2. The number of esters is 1. The van der Waals surface area contributed by atoms with E-state index in [1.165, 1.54) is 12.0 Å². The number of methoxy groups -OCH3 is 1. The lowest BCUT2D eigenvalue weighted by Gasteiger charge is -2.23. The molecule has 1 heterocycles. The monoisotopic (exact) mass is 449 g/mol. The molecule has 1 amide bonds. The van der Waals surface area contributed by atoms with Gasteiger partial charge in [0.1, 0.15) is 10.8 Å². The molecule has 160 valence electrons. The zero-order valence-corrected chi connectivity index (χ0v) is 18.9. The van der Waals surface area contributed by atoms with Gasteiger partial charge < -0.3 is 9.47 Å². The molecule has 1 aromatic heterocycles. The van der Waals surface area contributed by atoms with Gasteiger partial charge in [-0.3, -0.25) is 14.5 Å². The molecule has 30 heavy (non-hydrogen) atoms. The number of para-hydroxylation sites is 1. The second-order valence-corrected chi connectivity index (χ2v) is 8.39. The van der Waals surface area contributed by atoms with E-state index in [-0.39, 0.29) is 18.3 Å². The van der Waals surface area contributed by atoms with E-state index in [1.807, 2.05) is 13.8 Å². The number of amides is 1. The molecule has 0 aliphatic carbocycles. The van der Waals surface area contributed by atoms with E-state index in [9.17, 15) is 14.4 Å². The summed E-state index contributed by atoms with van der Waals surface area (Å²) in [4.78, 5) is 39.2. The fourth-order valence-electron chi connectivity index (χ4n) is 2.75. The molecule has 8 heteroatoms. The summed E-state index contributed by atoms with van der Waals surface area (Å²) in [6.07, 6.45) is 2.22. The standard InChI is InChI=1S/C22H24ClNO5S/c1-5-29-20(26)11-10-19(25)24(13-14(2)3)22-16(12-18(23)30-22)21(27)15-8-6-7-9-17(15)28-4/h6-12,14H,5,13H2,1-4H3. The van der Waals surface area contributed by atoms with Crippen LogP contribution in [0.5, 0.6) is 5.75 Å². The van der Waals surface area contributed by atoms with Crippen LogP contribution in [0.4, 0.5) is 5.00 Å². The van der Waals surface area contributed by atoms with Gasteiger partial charge in [0.05, 0.1) is 29.2 Å². The van der Waals surface area contributed by atoms with E-state index in [2.05, 4.69) is 0 Å². The maximum Gasteiger partial charge on any atom is 0.330 e. The Morgan fingerprint density at radius 3 is 2.50 bits per heavy atom. The van der Waals surface area contributed by atoms with Crippen molar-refractivity contribution in [2.45, 2.75) is 20.8 Å². The lowest BCUT2D eigenvalue weighted by atomic mass is 10.0. The minimum Gasteiger partial charge on any atom is -0.496 e. The molecule has 1 aromatic carbocycles. The SMILES string of the molecule is CCOC(=O)C=CC(=O)N(CC(C)C)c1sc(Cl)cc1C(=O)c1ccccc1OC. The lowest BCUT2D eigenvalue weighted by molar-refractivity contribution is -0.137. The second-order valence-electron chi connectivity index (χ2n) is 6.73.